The zero-order chi connectivity index (χ0) is 29.7. The van der Waals surface area contributed by atoms with Gasteiger partial charge in [0.25, 0.3) is 5.56 Å². The minimum Gasteiger partial charge on any atom is -0.267 e. The number of nitrogens with zero attached hydrogens (tertiary/aromatic N) is 5. The van der Waals surface area contributed by atoms with E-state index in [0.29, 0.717) is 10.2 Å². The summed E-state index contributed by atoms with van der Waals surface area (Å²) in [5.41, 5.74) is 0.242. The maximum atomic E-state index is 13.5. The Morgan fingerprint density at radius 1 is 1.02 bits per heavy atom. The molecule has 1 aliphatic rings. The molecule has 5 rings (SSSR count). The van der Waals surface area contributed by atoms with E-state index in [2.05, 4.69) is 15.2 Å². The van der Waals surface area contributed by atoms with Crippen LogP contribution in [0, 0.1) is 19.7 Å². The highest BCUT2D eigenvalue weighted by Gasteiger charge is 2.34. The lowest BCUT2D eigenvalue weighted by atomic mass is 9.84. The van der Waals surface area contributed by atoms with Gasteiger partial charge in [0.1, 0.15) is 5.82 Å². The molecule has 1 saturated carbocycles. The molecule has 4 aromatic rings. The lowest BCUT2D eigenvalue weighted by Gasteiger charge is -2.22. The summed E-state index contributed by atoms with van der Waals surface area (Å²) in [5, 5.41) is 7.94. The molecule has 218 valence electrons. The standard InChI is InChI=1S/C22H22F5N5O.C7H7F/c1-13-16(11-29-32(13)21(23)24)18-10-15(14-6-3-2-4-7-14)20(33)31(30-18)12-19-17(22(25,26)27)8-5-9-28-19;1-6-3-2-4-7(8)5-6/h5,8-11,14,21H,2-4,6-7,12H2,1H3;2-5H,1H3. The summed E-state index contributed by atoms with van der Waals surface area (Å²) in [5.74, 6) is -0.236. The first-order valence-electron chi connectivity index (χ1n) is 13.1. The lowest BCUT2D eigenvalue weighted by Crippen LogP contribution is -2.30. The van der Waals surface area contributed by atoms with Crippen molar-refractivity contribution in [2.24, 2.45) is 0 Å². The topological polar surface area (TPSA) is 65.6 Å². The Morgan fingerprint density at radius 3 is 2.34 bits per heavy atom. The Hall–Kier alpha value is -3.96. The van der Waals surface area contributed by atoms with Crippen molar-refractivity contribution in [1.82, 2.24) is 24.5 Å². The highest BCUT2D eigenvalue weighted by atomic mass is 19.4. The quantitative estimate of drug-likeness (QED) is 0.231. The molecule has 3 aromatic heterocycles. The van der Waals surface area contributed by atoms with Crippen LogP contribution < -0.4 is 5.56 Å². The monoisotopic (exact) mass is 577 g/mol. The van der Waals surface area contributed by atoms with Gasteiger partial charge >= 0.3 is 12.7 Å². The van der Waals surface area contributed by atoms with Gasteiger partial charge in [-0.2, -0.15) is 32.1 Å². The van der Waals surface area contributed by atoms with Gasteiger partial charge in [0.05, 0.1) is 35.4 Å². The first-order valence-corrected chi connectivity index (χ1v) is 13.1. The van der Waals surface area contributed by atoms with Gasteiger partial charge in [-0.1, -0.05) is 31.4 Å². The maximum absolute atomic E-state index is 13.5. The number of aryl methyl sites for hydroxylation is 1. The average molecular weight is 578 g/mol. The molecule has 3 heterocycles. The van der Waals surface area contributed by atoms with Gasteiger partial charge in [0.15, 0.2) is 0 Å². The molecule has 0 radical (unpaired) electrons. The van der Waals surface area contributed by atoms with E-state index in [9.17, 15) is 31.1 Å². The van der Waals surface area contributed by atoms with E-state index < -0.39 is 30.4 Å². The van der Waals surface area contributed by atoms with Crippen LogP contribution in [0.1, 0.15) is 72.6 Å². The molecule has 12 heteroatoms. The first kappa shape index (κ1) is 30.0. The third-order valence-electron chi connectivity index (χ3n) is 7.03. The van der Waals surface area contributed by atoms with Crippen molar-refractivity contribution in [3.05, 3.63) is 99.1 Å². The lowest BCUT2D eigenvalue weighted by molar-refractivity contribution is -0.138. The number of aromatic nitrogens is 5. The molecular weight excluding hydrogens is 548 g/mol. The van der Waals surface area contributed by atoms with Crippen LogP contribution >= 0.6 is 0 Å². The van der Waals surface area contributed by atoms with Crippen molar-refractivity contribution in [2.45, 2.75) is 71.1 Å². The zero-order valence-corrected chi connectivity index (χ0v) is 22.5. The molecule has 0 amide bonds. The molecular formula is C29H29F6N5O. The molecule has 1 fully saturated rings. The van der Waals surface area contributed by atoms with Crippen molar-refractivity contribution in [3.8, 4) is 11.3 Å². The molecule has 0 bridgehead atoms. The molecule has 0 unspecified atom stereocenters. The van der Waals surface area contributed by atoms with E-state index in [1.54, 1.807) is 12.1 Å². The zero-order valence-electron chi connectivity index (χ0n) is 22.5. The van der Waals surface area contributed by atoms with Crippen molar-refractivity contribution >= 4 is 0 Å². The van der Waals surface area contributed by atoms with Gasteiger partial charge in [-0.3, -0.25) is 9.78 Å². The second-order valence-corrected chi connectivity index (χ2v) is 9.94. The molecule has 1 aliphatic carbocycles. The summed E-state index contributed by atoms with van der Waals surface area (Å²) in [6.45, 7) is -0.0371. The van der Waals surface area contributed by atoms with Crippen LogP contribution in [0.5, 0.6) is 0 Å². The van der Waals surface area contributed by atoms with Crippen LogP contribution in [0.4, 0.5) is 26.3 Å². The minimum absolute atomic E-state index is 0.0736. The molecule has 6 nitrogen and oxygen atoms in total. The number of halogens is 6. The van der Waals surface area contributed by atoms with E-state index in [-0.39, 0.29) is 34.4 Å². The normalized spacial score (nSPS) is 14.2. The van der Waals surface area contributed by atoms with Gasteiger partial charge in [0, 0.05) is 17.3 Å². The summed E-state index contributed by atoms with van der Waals surface area (Å²) < 4.78 is 80.5. The van der Waals surface area contributed by atoms with Gasteiger partial charge in [-0.15, -0.1) is 0 Å². The second kappa shape index (κ2) is 12.7. The van der Waals surface area contributed by atoms with Crippen LogP contribution in [0.3, 0.4) is 0 Å². The first-order chi connectivity index (χ1) is 19.5. The van der Waals surface area contributed by atoms with E-state index in [1.807, 2.05) is 13.0 Å². The number of hydrogen-bond donors (Lipinski definition) is 0. The molecule has 1 aromatic carbocycles. The summed E-state index contributed by atoms with van der Waals surface area (Å²) >= 11 is 0. The van der Waals surface area contributed by atoms with E-state index >= 15 is 0 Å². The third-order valence-corrected chi connectivity index (χ3v) is 7.03. The maximum Gasteiger partial charge on any atom is 0.418 e. The predicted molar refractivity (Wildman–Crippen MR) is 141 cm³/mol. The number of alkyl halides is 5. The fourth-order valence-electron chi connectivity index (χ4n) is 4.95. The highest BCUT2D eigenvalue weighted by molar-refractivity contribution is 5.61. The summed E-state index contributed by atoms with van der Waals surface area (Å²) in [4.78, 5) is 17.1. The number of pyridine rings is 1. The number of rotatable bonds is 5. The molecule has 0 aliphatic heterocycles. The van der Waals surface area contributed by atoms with Crippen LogP contribution in [0.25, 0.3) is 11.3 Å². The summed E-state index contributed by atoms with van der Waals surface area (Å²) in [7, 11) is 0. The Morgan fingerprint density at radius 2 is 1.76 bits per heavy atom. The third kappa shape index (κ3) is 7.22. The number of benzene rings is 1. The van der Waals surface area contributed by atoms with Crippen LogP contribution in [0.15, 0.2) is 59.7 Å². The van der Waals surface area contributed by atoms with Crippen molar-refractivity contribution in [2.75, 3.05) is 0 Å². The Labute approximate surface area is 232 Å². The van der Waals surface area contributed by atoms with Crippen molar-refractivity contribution < 1.29 is 26.3 Å². The van der Waals surface area contributed by atoms with Gasteiger partial charge in [0.2, 0.25) is 0 Å². The average Bonchev–Trinajstić information content (AvgIpc) is 3.32. The SMILES string of the molecule is Cc1c(-c2cc(C3CCCCC3)c(=O)n(Cc3ncccc3C(F)(F)F)n2)cnn1C(F)F.Cc1cccc(F)c1. The van der Waals surface area contributed by atoms with E-state index in [4.69, 9.17) is 0 Å². The smallest absolute Gasteiger partial charge is 0.267 e. The Kier molecular flexibility index (Phi) is 9.29. The van der Waals surface area contributed by atoms with Gasteiger partial charge in [-0.25, -0.2) is 13.8 Å². The molecule has 0 N–H and O–H groups in total. The summed E-state index contributed by atoms with van der Waals surface area (Å²) in [6, 6.07) is 10.1. The van der Waals surface area contributed by atoms with E-state index in [0.717, 1.165) is 48.4 Å². The van der Waals surface area contributed by atoms with Crippen LogP contribution in [-0.2, 0) is 12.7 Å². The van der Waals surface area contributed by atoms with Crippen molar-refractivity contribution in [3.63, 3.8) is 0 Å². The molecule has 0 atom stereocenters. The molecule has 0 saturated heterocycles. The molecule has 41 heavy (non-hydrogen) atoms. The van der Waals surface area contributed by atoms with E-state index in [1.165, 1.54) is 37.5 Å². The minimum atomic E-state index is -4.65. The van der Waals surface area contributed by atoms with Gasteiger partial charge < -0.3 is 0 Å². The predicted octanol–water partition coefficient (Wildman–Crippen LogP) is 7.45. The summed E-state index contributed by atoms with van der Waals surface area (Å²) in [6.07, 6.45) is 2.25. The fourth-order valence-corrected chi connectivity index (χ4v) is 4.95. The Bertz CT molecular complexity index is 1520. The van der Waals surface area contributed by atoms with Crippen LogP contribution in [0.2, 0.25) is 0 Å². The van der Waals surface area contributed by atoms with Gasteiger partial charge in [-0.05, 0) is 68.5 Å². The number of hydrogen-bond acceptors (Lipinski definition) is 4. The fraction of sp³-hybridized carbons (Fsp3) is 0.379. The highest BCUT2D eigenvalue weighted by Crippen LogP contribution is 2.34. The van der Waals surface area contributed by atoms with Crippen LogP contribution in [-0.4, -0.2) is 24.5 Å². The van der Waals surface area contributed by atoms with Crippen molar-refractivity contribution in [1.29, 1.82) is 0 Å². The molecule has 0 spiro atoms. The Balaban J connectivity index is 0.000000417. The second-order valence-electron chi connectivity index (χ2n) is 9.94. The largest absolute Gasteiger partial charge is 0.418 e.